The van der Waals surface area contributed by atoms with Crippen molar-refractivity contribution in [3.8, 4) is 0 Å². The molecule has 1 atom stereocenters. The summed E-state index contributed by atoms with van der Waals surface area (Å²) in [7, 11) is 0. The van der Waals surface area contributed by atoms with Crippen LogP contribution in [0.1, 0.15) is 10.9 Å². The third-order valence-corrected chi connectivity index (χ3v) is 5.61. The van der Waals surface area contributed by atoms with Crippen molar-refractivity contribution < 1.29 is 14.5 Å². The lowest BCUT2D eigenvalue weighted by Gasteiger charge is -2.34. The molecule has 156 valence electrons. The number of morpholine rings is 1. The van der Waals surface area contributed by atoms with Crippen molar-refractivity contribution in [2.45, 2.75) is 6.04 Å². The summed E-state index contributed by atoms with van der Waals surface area (Å²) >= 11 is 1.68. The van der Waals surface area contributed by atoms with Crippen LogP contribution in [0.4, 0.5) is 16.2 Å². The number of amides is 2. The molecule has 3 N–H and O–H groups in total. The molecule has 0 radical (unpaired) electrons. The quantitative estimate of drug-likeness (QED) is 0.327. The number of carbonyl (C=O) groups excluding carboxylic acids is 1. The molecule has 2 heterocycles. The summed E-state index contributed by atoms with van der Waals surface area (Å²) in [4.78, 5) is 26.3. The van der Waals surface area contributed by atoms with E-state index in [4.69, 9.17) is 4.74 Å². The summed E-state index contributed by atoms with van der Waals surface area (Å²) in [6.45, 7) is 4.31. The Morgan fingerprint density at radius 1 is 1.17 bits per heavy atom. The van der Waals surface area contributed by atoms with E-state index in [-0.39, 0.29) is 17.8 Å². The van der Waals surface area contributed by atoms with Crippen molar-refractivity contribution in [1.82, 2.24) is 15.5 Å². The van der Waals surface area contributed by atoms with Crippen molar-refractivity contribution in [3.63, 3.8) is 0 Å². The molecule has 10 heteroatoms. The van der Waals surface area contributed by atoms with Crippen LogP contribution >= 0.6 is 11.3 Å². The van der Waals surface area contributed by atoms with Gasteiger partial charge in [0, 0.05) is 43.7 Å². The molecule has 3 rings (SSSR count). The van der Waals surface area contributed by atoms with Gasteiger partial charge in [-0.05, 0) is 17.5 Å². The normalized spacial score (nSPS) is 15.4. The second-order valence-corrected chi connectivity index (χ2v) is 7.50. The van der Waals surface area contributed by atoms with Crippen LogP contribution in [-0.2, 0) is 4.74 Å². The molecule has 1 aromatic carbocycles. The second-order valence-electron chi connectivity index (χ2n) is 6.52. The van der Waals surface area contributed by atoms with Crippen molar-refractivity contribution in [3.05, 3.63) is 56.8 Å². The molecule has 1 saturated heterocycles. The van der Waals surface area contributed by atoms with E-state index in [0.717, 1.165) is 13.1 Å². The van der Waals surface area contributed by atoms with E-state index >= 15 is 0 Å². The number of carbonyl (C=O) groups is 1. The smallest absolute Gasteiger partial charge is 0.314 e. The van der Waals surface area contributed by atoms with Gasteiger partial charge in [-0.15, -0.1) is 11.3 Å². The molecule has 1 aliphatic heterocycles. The van der Waals surface area contributed by atoms with E-state index in [9.17, 15) is 14.9 Å². The van der Waals surface area contributed by atoms with Crippen LogP contribution in [0.5, 0.6) is 0 Å². The lowest BCUT2D eigenvalue weighted by atomic mass is 10.2. The van der Waals surface area contributed by atoms with Gasteiger partial charge in [0.2, 0.25) is 0 Å². The number of urea groups is 1. The average Bonchev–Trinajstić information content (AvgIpc) is 3.27. The number of hydrogen-bond donors (Lipinski definition) is 3. The van der Waals surface area contributed by atoms with Gasteiger partial charge >= 0.3 is 6.03 Å². The Bertz CT molecular complexity index is 796. The standard InChI is InChI=1S/C19H25N5O4S/c25-19(21-8-7-20-15-4-1-2-5-16(15)24(26)27)22-14-17(18-6-3-13-29-18)23-9-11-28-12-10-23/h1-6,13,17,20H,7-12,14H2,(H2,21,22,25). The van der Waals surface area contributed by atoms with Crippen LogP contribution in [0.15, 0.2) is 41.8 Å². The second kappa shape index (κ2) is 10.7. The lowest BCUT2D eigenvalue weighted by molar-refractivity contribution is -0.384. The topological polar surface area (TPSA) is 109 Å². The van der Waals surface area contributed by atoms with Gasteiger partial charge < -0.3 is 20.7 Å². The molecule has 0 spiro atoms. The SMILES string of the molecule is O=C(NCCNc1ccccc1[N+](=O)[O-])NCC(c1cccs1)N1CCOCC1. The molecule has 1 unspecified atom stereocenters. The zero-order valence-corrected chi connectivity index (χ0v) is 16.8. The highest BCUT2D eigenvalue weighted by Crippen LogP contribution is 2.25. The van der Waals surface area contributed by atoms with Gasteiger partial charge in [-0.25, -0.2) is 4.79 Å². The molecule has 9 nitrogen and oxygen atoms in total. The summed E-state index contributed by atoms with van der Waals surface area (Å²) in [6, 6.07) is 10.4. The fourth-order valence-corrected chi connectivity index (χ4v) is 4.05. The van der Waals surface area contributed by atoms with Gasteiger partial charge in [-0.1, -0.05) is 18.2 Å². The molecule has 0 aliphatic carbocycles. The highest BCUT2D eigenvalue weighted by Gasteiger charge is 2.23. The first-order valence-corrected chi connectivity index (χ1v) is 10.4. The number of hydrogen-bond acceptors (Lipinski definition) is 7. The summed E-state index contributed by atoms with van der Waals surface area (Å²) in [6.07, 6.45) is 0. The minimum absolute atomic E-state index is 0.0150. The number of anilines is 1. The Hall–Kier alpha value is -2.69. The van der Waals surface area contributed by atoms with Crippen LogP contribution < -0.4 is 16.0 Å². The lowest BCUT2D eigenvalue weighted by Crippen LogP contribution is -2.46. The summed E-state index contributed by atoms with van der Waals surface area (Å²) in [5, 5.41) is 21.8. The molecule has 1 aliphatic rings. The molecule has 1 fully saturated rings. The van der Waals surface area contributed by atoms with Gasteiger partial charge in [-0.2, -0.15) is 0 Å². The van der Waals surface area contributed by atoms with Crippen molar-refractivity contribution in [2.24, 2.45) is 0 Å². The van der Waals surface area contributed by atoms with E-state index in [1.54, 1.807) is 29.5 Å². The number of rotatable bonds is 9. The first-order chi connectivity index (χ1) is 14.1. The van der Waals surface area contributed by atoms with Gasteiger partial charge in [0.05, 0.1) is 24.2 Å². The fourth-order valence-electron chi connectivity index (χ4n) is 3.19. The highest BCUT2D eigenvalue weighted by atomic mass is 32.1. The molecule has 0 saturated carbocycles. The number of nitro benzene ring substituents is 1. The zero-order valence-electron chi connectivity index (χ0n) is 16.0. The van der Waals surface area contributed by atoms with Gasteiger partial charge in [0.25, 0.3) is 5.69 Å². The van der Waals surface area contributed by atoms with E-state index < -0.39 is 4.92 Å². The van der Waals surface area contributed by atoms with E-state index in [2.05, 4.69) is 26.9 Å². The molecule has 0 bridgehead atoms. The zero-order chi connectivity index (χ0) is 20.5. The monoisotopic (exact) mass is 419 g/mol. The predicted molar refractivity (Wildman–Crippen MR) is 112 cm³/mol. The van der Waals surface area contributed by atoms with Gasteiger partial charge in [0.15, 0.2) is 0 Å². The van der Waals surface area contributed by atoms with Crippen LogP contribution in [0.3, 0.4) is 0 Å². The van der Waals surface area contributed by atoms with E-state index in [1.165, 1.54) is 10.9 Å². The molecule has 2 amide bonds. The van der Waals surface area contributed by atoms with E-state index in [1.807, 2.05) is 11.4 Å². The number of nitrogens with zero attached hydrogens (tertiary/aromatic N) is 2. The molecular weight excluding hydrogens is 394 g/mol. The Morgan fingerprint density at radius 2 is 1.97 bits per heavy atom. The van der Waals surface area contributed by atoms with Crippen molar-refractivity contribution in [2.75, 3.05) is 51.3 Å². The number of benzene rings is 1. The van der Waals surface area contributed by atoms with Crippen molar-refractivity contribution in [1.29, 1.82) is 0 Å². The number of ether oxygens (including phenoxy) is 1. The van der Waals surface area contributed by atoms with Crippen LogP contribution in [0, 0.1) is 10.1 Å². The molecule has 29 heavy (non-hydrogen) atoms. The largest absolute Gasteiger partial charge is 0.379 e. The van der Waals surface area contributed by atoms with E-state index in [0.29, 0.717) is 38.5 Å². The number of para-hydroxylation sites is 2. The Morgan fingerprint density at radius 3 is 2.69 bits per heavy atom. The maximum Gasteiger partial charge on any atom is 0.314 e. The summed E-state index contributed by atoms with van der Waals surface area (Å²) in [5.74, 6) is 0. The first-order valence-electron chi connectivity index (χ1n) is 9.49. The third-order valence-electron chi connectivity index (χ3n) is 4.64. The number of nitro groups is 1. The predicted octanol–water partition coefficient (Wildman–Crippen LogP) is 2.44. The Labute approximate surface area is 173 Å². The van der Waals surface area contributed by atoms with Crippen molar-refractivity contribution >= 4 is 28.7 Å². The van der Waals surface area contributed by atoms with Crippen LogP contribution in [-0.4, -0.2) is 61.8 Å². The number of thiophene rings is 1. The summed E-state index contributed by atoms with van der Waals surface area (Å²) in [5.41, 5.74) is 0.450. The van der Waals surface area contributed by atoms with Crippen LogP contribution in [0.25, 0.3) is 0 Å². The maximum atomic E-state index is 12.2. The first kappa shape index (κ1) is 21.0. The minimum Gasteiger partial charge on any atom is -0.379 e. The summed E-state index contributed by atoms with van der Waals surface area (Å²) < 4.78 is 5.43. The molecular formula is C19H25N5O4S. The fraction of sp³-hybridized carbons (Fsp3) is 0.421. The molecule has 2 aromatic rings. The maximum absolute atomic E-state index is 12.2. The average molecular weight is 420 g/mol. The Kier molecular flexibility index (Phi) is 7.79. The molecule has 1 aromatic heterocycles. The third kappa shape index (κ3) is 6.14. The van der Waals surface area contributed by atoms with Crippen LogP contribution in [0.2, 0.25) is 0 Å². The van der Waals surface area contributed by atoms with Gasteiger partial charge in [0.1, 0.15) is 5.69 Å². The minimum atomic E-state index is -0.432. The highest BCUT2D eigenvalue weighted by molar-refractivity contribution is 7.10. The van der Waals surface area contributed by atoms with Gasteiger partial charge in [-0.3, -0.25) is 15.0 Å². The number of nitrogens with one attached hydrogen (secondary N) is 3. The Balaban J connectivity index is 1.43.